The lowest BCUT2D eigenvalue weighted by atomic mass is 9.76. The summed E-state index contributed by atoms with van der Waals surface area (Å²) in [7, 11) is 0. The van der Waals surface area contributed by atoms with Crippen LogP contribution in [0.4, 0.5) is 0 Å². The molecule has 0 aromatic carbocycles. The van der Waals surface area contributed by atoms with Gasteiger partial charge in [-0.1, -0.05) is 27.7 Å². The van der Waals surface area contributed by atoms with Crippen LogP contribution in [0.2, 0.25) is 0 Å². The van der Waals surface area contributed by atoms with E-state index in [1.807, 2.05) is 20.8 Å². The fourth-order valence-corrected chi connectivity index (χ4v) is 1.89. The molecular weight excluding hydrogens is 282 g/mol. The van der Waals surface area contributed by atoms with Crippen molar-refractivity contribution in [3.8, 4) is 0 Å². The molecule has 0 saturated carbocycles. The Morgan fingerprint density at radius 3 is 1.95 bits per heavy atom. The molecule has 130 valence electrons. The van der Waals surface area contributed by atoms with E-state index in [0.29, 0.717) is 5.92 Å². The third-order valence-corrected chi connectivity index (χ3v) is 5.00. The van der Waals surface area contributed by atoms with Crippen LogP contribution >= 0.6 is 0 Å². The number of aliphatic carboxylic acids is 1. The van der Waals surface area contributed by atoms with Gasteiger partial charge in [0.15, 0.2) is 0 Å². The first-order chi connectivity index (χ1) is 9.80. The lowest BCUT2D eigenvalue weighted by Crippen LogP contribution is -2.52. The van der Waals surface area contributed by atoms with Crippen LogP contribution in [-0.2, 0) is 14.3 Å². The van der Waals surface area contributed by atoms with Crippen molar-refractivity contribution in [2.75, 3.05) is 0 Å². The Kier molecular flexibility index (Phi) is 7.55. The summed E-state index contributed by atoms with van der Waals surface area (Å²) in [5.74, 6) is -0.758. The molecule has 0 fully saturated rings. The molecule has 0 aromatic rings. The van der Waals surface area contributed by atoms with E-state index in [0.717, 1.165) is 0 Å². The van der Waals surface area contributed by atoms with Crippen molar-refractivity contribution < 1.29 is 19.4 Å². The van der Waals surface area contributed by atoms with Crippen molar-refractivity contribution >= 4 is 11.9 Å². The topological polar surface area (TPSA) is 75.6 Å². The van der Waals surface area contributed by atoms with Crippen molar-refractivity contribution in [1.82, 2.24) is 5.32 Å². The Labute approximate surface area is 134 Å². The van der Waals surface area contributed by atoms with Gasteiger partial charge in [0.05, 0.1) is 24.2 Å². The Morgan fingerprint density at radius 1 is 1.05 bits per heavy atom. The summed E-state index contributed by atoms with van der Waals surface area (Å²) in [4.78, 5) is 22.3. The molecule has 0 aliphatic heterocycles. The van der Waals surface area contributed by atoms with Crippen molar-refractivity contribution in [2.24, 2.45) is 11.3 Å². The van der Waals surface area contributed by atoms with Gasteiger partial charge in [0.2, 0.25) is 5.91 Å². The molecule has 0 rings (SSSR count). The van der Waals surface area contributed by atoms with Crippen LogP contribution < -0.4 is 5.32 Å². The average Bonchev–Trinajstić information content (AvgIpc) is 2.35. The second-order valence-corrected chi connectivity index (χ2v) is 7.52. The molecule has 0 spiro atoms. The van der Waals surface area contributed by atoms with Crippen LogP contribution in [0.1, 0.15) is 68.2 Å². The molecule has 2 atom stereocenters. The second kappa shape index (κ2) is 7.95. The highest BCUT2D eigenvalue weighted by Crippen LogP contribution is 2.34. The molecule has 0 aliphatic rings. The molecule has 0 radical (unpaired) electrons. The largest absolute Gasteiger partial charge is 0.481 e. The number of carbonyl (C=O) groups excluding carboxylic acids is 1. The highest BCUT2D eigenvalue weighted by atomic mass is 16.5. The van der Waals surface area contributed by atoms with E-state index >= 15 is 0 Å². The first-order valence-corrected chi connectivity index (χ1v) is 7.99. The maximum Gasteiger partial charge on any atom is 0.303 e. The summed E-state index contributed by atoms with van der Waals surface area (Å²) >= 11 is 0. The molecular formula is C17H33NO4. The number of ether oxygens (including phenoxy) is 1. The molecule has 0 aliphatic carbocycles. The van der Waals surface area contributed by atoms with Crippen molar-refractivity contribution in [3.05, 3.63) is 0 Å². The molecule has 2 unspecified atom stereocenters. The lowest BCUT2D eigenvalue weighted by molar-refractivity contribution is -0.143. The molecule has 1 amide bonds. The number of hydrogen-bond acceptors (Lipinski definition) is 3. The summed E-state index contributed by atoms with van der Waals surface area (Å²) in [5.41, 5.74) is -0.519. The molecule has 22 heavy (non-hydrogen) atoms. The normalized spacial score (nSPS) is 15.5. The van der Waals surface area contributed by atoms with Crippen molar-refractivity contribution in [2.45, 2.75) is 86.0 Å². The van der Waals surface area contributed by atoms with Crippen LogP contribution in [-0.4, -0.2) is 34.7 Å². The second-order valence-electron chi connectivity index (χ2n) is 7.52. The fraction of sp³-hybridized carbons (Fsp3) is 0.882. The van der Waals surface area contributed by atoms with Gasteiger partial charge in [-0.25, -0.2) is 0 Å². The van der Waals surface area contributed by atoms with E-state index in [2.05, 4.69) is 39.9 Å². The van der Waals surface area contributed by atoms with E-state index in [9.17, 15) is 9.59 Å². The summed E-state index contributed by atoms with van der Waals surface area (Å²) in [6.07, 6.45) is -0.139. The minimum atomic E-state index is -0.967. The van der Waals surface area contributed by atoms with Crippen LogP contribution in [0.5, 0.6) is 0 Å². The SMILES string of the molecule is CC(NC(=O)CCC(=O)O)C(C)(C)OC(C)C(C)(C)C(C)C. The van der Waals surface area contributed by atoms with Crippen LogP contribution in [0, 0.1) is 11.3 Å². The number of carbonyl (C=O) groups is 2. The number of carboxylic acid groups (broad SMARTS) is 1. The van der Waals surface area contributed by atoms with E-state index in [1.54, 1.807) is 0 Å². The monoisotopic (exact) mass is 315 g/mol. The van der Waals surface area contributed by atoms with Gasteiger partial charge in [-0.05, 0) is 39.0 Å². The van der Waals surface area contributed by atoms with E-state index in [-0.39, 0.29) is 36.3 Å². The summed E-state index contributed by atoms with van der Waals surface area (Å²) < 4.78 is 6.22. The quantitative estimate of drug-likeness (QED) is 0.685. The number of nitrogens with one attached hydrogen (secondary N) is 1. The zero-order chi connectivity index (χ0) is 17.7. The van der Waals surface area contributed by atoms with Gasteiger partial charge >= 0.3 is 5.97 Å². The highest BCUT2D eigenvalue weighted by Gasteiger charge is 2.37. The molecule has 2 N–H and O–H groups in total. The zero-order valence-corrected chi connectivity index (χ0v) is 15.3. The highest BCUT2D eigenvalue weighted by molar-refractivity contribution is 5.80. The van der Waals surface area contributed by atoms with Gasteiger partial charge in [0, 0.05) is 6.42 Å². The maximum absolute atomic E-state index is 11.8. The molecule has 5 nitrogen and oxygen atoms in total. The van der Waals surface area contributed by atoms with Gasteiger partial charge in [0.1, 0.15) is 0 Å². The average molecular weight is 315 g/mol. The summed E-state index contributed by atoms with van der Waals surface area (Å²) in [6, 6.07) is -0.209. The number of rotatable bonds is 9. The first-order valence-electron chi connectivity index (χ1n) is 7.99. The van der Waals surface area contributed by atoms with Crippen molar-refractivity contribution in [1.29, 1.82) is 0 Å². The lowest BCUT2D eigenvalue weighted by Gasteiger charge is -2.42. The van der Waals surface area contributed by atoms with Crippen LogP contribution in [0.3, 0.4) is 0 Å². The van der Waals surface area contributed by atoms with Crippen LogP contribution in [0.15, 0.2) is 0 Å². The van der Waals surface area contributed by atoms with Gasteiger partial charge in [-0.3, -0.25) is 9.59 Å². The maximum atomic E-state index is 11.8. The van der Waals surface area contributed by atoms with E-state index in [1.165, 1.54) is 0 Å². The van der Waals surface area contributed by atoms with Gasteiger partial charge in [-0.15, -0.1) is 0 Å². The Balaban J connectivity index is 4.66. The summed E-state index contributed by atoms with van der Waals surface area (Å²) in [6.45, 7) is 16.5. The van der Waals surface area contributed by atoms with Gasteiger partial charge in [-0.2, -0.15) is 0 Å². The third-order valence-electron chi connectivity index (χ3n) is 5.00. The smallest absolute Gasteiger partial charge is 0.303 e. The predicted octanol–water partition coefficient (Wildman–Crippen LogP) is 3.22. The first kappa shape index (κ1) is 20.9. The molecule has 0 heterocycles. The zero-order valence-electron chi connectivity index (χ0n) is 15.3. The number of amides is 1. The molecule has 0 saturated heterocycles. The molecule has 0 bridgehead atoms. The molecule has 0 aromatic heterocycles. The minimum absolute atomic E-state index is 0.0111. The Hall–Kier alpha value is -1.10. The predicted molar refractivity (Wildman–Crippen MR) is 87.7 cm³/mol. The number of carboxylic acids is 1. The minimum Gasteiger partial charge on any atom is -0.481 e. The molecule has 5 heteroatoms. The summed E-state index contributed by atoms with van der Waals surface area (Å²) in [5, 5.41) is 11.4. The fourth-order valence-electron chi connectivity index (χ4n) is 1.89. The van der Waals surface area contributed by atoms with E-state index < -0.39 is 11.6 Å². The third kappa shape index (κ3) is 6.34. The Morgan fingerprint density at radius 2 is 1.55 bits per heavy atom. The Bertz CT molecular complexity index is 388. The van der Waals surface area contributed by atoms with Gasteiger partial charge < -0.3 is 15.2 Å². The van der Waals surface area contributed by atoms with Crippen molar-refractivity contribution in [3.63, 3.8) is 0 Å². The van der Waals surface area contributed by atoms with Crippen LogP contribution in [0.25, 0.3) is 0 Å². The van der Waals surface area contributed by atoms with Gasteiger partial charge in [0.25, 0.3) is 0 Å². The standard InChI is InChI=1S/C17H33NO4/c1-11(2)16(5,6)13(4)22-17(7,8)12(3)18-14(19)9-10-15(20)21/h11-13H,9-10H2,1-8H3,(H,18,19)(H,20,21). The van der Waals surface area contributed by atoms with E-state index in [4.69, 9.17) is 9.84 Å². The number of hydrogen-bond donors (Lipinski definition) is 2.